The van der Waals surface area contributed by atoms with Gasteiger partial charge >= 0.3 is 18.2 Å². The van der Waals surface area contributed by atoms with E-state index in [1.165, 1.54) is 0 Å². The third kappa shape index (κ3) is 6.18. The lowest BCUT2D eigenvalue weighted by atomic mass is 9.92. The second-order valence-corrected chi connectivity index (χ2v) is 8.70. The van der Waals surface area contributed by atoms with E-state index in [1.54, 1.807) is 39.0 Å². The summed E-state index contributed by atoms with van der Waals surface area (Å²) in [6.07, 6.45) is -5.03. The topological polar surface area (TPSA) is 77.1 Å². The molecule has 0 aromatic heterocycles. The first-order valence-corrected chi connectivity index (χ1v) is 10.2. The van der Waals surface area contributed by atoms with Crippen LogP contribution in [0.4, 0.5) is 18.0 Å². The summed E-state index contributed by atoms with van der Waals surface area (Å²) in [6.45, 7) is 5.88. The van der Waals surface area contributed by atoms with Gasteiger partial charge in [0.15, 0.2) is 11.5 Å². The predicted octanol–water partition coefficient (Wildman–Crippen LogP) is 3.45. The second kappa shape index (κ2) is 8.84. The third-order valence-electron chi connectivity index (χ3n) is 5.02. The number of hydrogen-bond donors (Lipinski definition) is 1. The number of nitrogens with zero attached hydrogens (tertiary/aromatic N) is 1. The lowest BCUT2D eigenvalue weighted by Crippen LogP contribution is -2.56. The summed E-state index contributed by atoms with van der Waals surface area (Å²) in [5, 5.41) is 2.71. The Morgan fingerprint density at radius 3 is 2.48 bits per heavy atom. The standard InChI is InChI=1S/C21H27F3N2O5/c1-20(2,3)31-19(28)25-14-6-7-26(18(27)21(22,23)24)15(12-14)10-13-4-5-16-17(11-13)30-9-8-29-16/h4-5,11,14-15H,6-10,12H2,1-3H3,(H,25,28). The number of nitrogens with one attached hydrogen (secondary N) is 1. The number of carbonyl (C=O) groups is 2. The SMILES string of the molecule is CC(C)(C)OC(=O)NC1CCN(C(=O)C(F)(F)F)C(Cc2ccc3c(c2)OCCO3)C1. The van der Waals surface area contributed by atoms with E-state index in [4.69, 9.17) is 14.2 Å². The molecule has 1 saturated heterocycles. The molecule has 7 nitrogen and oxygen atoms in total. The van der Waals surface area contributed by atoms with Gasteiger partial charge in [0, 0.05) is 18.6 Å². The van der Waals surface area contributed by atoms with E-state index in [-0.39, 0.29) is 25.8 Å². The fourth-order valence-electron chi connectivity index (χ4n) is 3.77. The van der Waals surface area contributed by atoms with Gasteiger partial charge in [-0.15, -0.1) is 0 Å². The molecule has 1 fully saturated rings. The molecule has 1 aromatic carbocycles. The Morgan fingerprint density at radius 2 is 1.84 bits per heavy atom. The maximum Gasteiger partial charge on any atom is 0.471 e. The maximum absolute atomic E-state index is 13.1. The van der Waals surface area contributed by atoms with Crippen molar-refractivity contribution in [1.82, 2.24) is 10.2 Å². The Bertz CT molecular complexity index is 822. The van der Waals surface area contributed by atoms with Crippen LogP contribution in [0.25, 0.3) is 0 Å². The molecule has 172 valence electrons. The Morgan fingerprint density at radius 1 is 1.16 bits per heavy atom. The molecule has 10 heteroatoms. The fraction of sp³-hybridized carbons (Fsp3) is 0.619. The maximum atomic E-state index is 13.1. The van der Waals surface area contributed by atoms with Crippen LogP contribution in [-0.2, 0) is 16.0 Å². The number of alkyl carbamates (subject to hydrolysis) is 1. The van der Waals surface area contributed by atoms with E-state index in [0.717, 1.165) is 4.90 Å². The number of hydrogen-bond acceptors (Lipinski definition) is 5. The summed E-state index contributed by atoms with van der Waals surface area (Å²) in [4.78, 5) is 25.0. The summed E-state index contributed by atoms with van der Waals surface area (Å²) >= 11 is 0. The van der Waals surface area contributed by atoms with Crippen molar-refractivity contribution in [3.05, 3.63) is 23.8 Å². The van der Waals surface area contributed by atoms with E-state index in [2.05, 4.69) is 5.32 Å². The Labute approximate surface area is 178 Å². The molecule has 2 amide bonds. The first kappa shape index (κ1) is 23.0. The van der Waals surface area contributed by atoms with Crippen molar-refractivity contribution in [1.29, 1.82) is 0 Å². The van der Waals surface area contributed by atoms with Crippen molar-refractivity contribution in [3.8, 4) is 11.5 Å². The molecule has 2 unspecified atom stereocenters. The fourth-order valence-corrected chi connectivity index (χ4v) is 3.77. The Kier molecular flexibility index (Phi) is 6.56. The molecule has 2 heterocycles. The zero-order chi connectivity index (χ0) is 22.8. The number of carbonyl (C=O) groups excluding carboxylic acids is 2. The number of likely N-dealkylation sites (tertiary alicyclic amines) is 1. The molecule has 0 radical (unpaired) electrons. The quantitative estimate of drug-likeness (QED) is 0.773. The van der Waals surface area contributed by atoms with E-state index in [1.807, 2.05) is 0 Å². The molecule has 0 spiro atoms. The van der Waals surface area contributed by atoms with E-state index >= 15 is 0 Å². The van der Waals surface area contributed by atoms with Crippen LogP contribution in [0.2, 0.25) is 0 Å². The number of halogens is 3. The summed E-state index contributed by atoms with van der Waals surface area (Å²) in [5.74, 6) is -0.770. The summed E-state index contributed by atoms with van der Waals surface area (Å²) < 4.78 is 55.7. The molecular weight excluding hydrogens is 417 g/mol. The van der Waals surface area contributed by atoms with Crippen molar-refractivity contribution in [2.45, 2.75) is 63.9 Å². The van der Waals surface area contributed by atoms with E-state index in [0.29, 0.717) is 30.3 Å². The zero-order valence-electron chi connectivity index (χ0n) is 17.8. The first-order chi connectivity index (χ1) is 14.4. The van der Waals surface area contributed by atoms with Gasteiger partial charge in [0.25, 0.3) is 0 Å². The predicted molar refractivity (Wildman–Crippen MR) is 105 cm³/mol. The molecule has 3 rings (SSSR count). The van der Waals surface area contributed by atoms with Crippen LogP contribution >= 0.6 is 0 Å². The molecule has 0 saturated carbocycles. The van der Waals surface area contributed by atoms with Crippen LogP contribution in [0.1, 0.15) is 39.2 Å². The van der Waals surface area contributed by atoms with Gasteiger partial charge < -0.3 is 24.4 Å². The molecule has 0 bridgehead atoms. The molecule has 1 aromatic rings. The number of alkyl halides is 3. The van der Waals surface area contributed by atoms with Gasteiger partial charge in [-0.05, 0) is 57.7 Å². The largest absolute Gasteiger partial charge is 0.486 e. The highest BCUT2D eigenvalue weighted by molar-refractivity contribution is 5.82. The lowest BCUT2D eigenvalue weighted by Gasteiger charge is -2.40. The van der Waals surface area contributed by atoms with E-state index < -0.39 is 35.9 Å². The first-order valence-electron chi connectivity index (χ1n) is 10.2. The number of fused-ring (bicyclic) bond motifs is 1. The summed E-state index contributed by atoms with van der Waals surface area (Å²) in [6, 6.07) is 4.02. The highest BCUT2D eigenvalue weighted by atomic mass is 19.4. The van der Waals surface area contributed by atoms with Gasteiger partial charge in [0.2, 0.25) is 0 Å². The third-order valence-corrected chi connectivity index (χ3v) is 5.02. The van der Waals surface area contributed by atoms with Gasteiger partial charge in [-0.2, -0.15) is 13.2 Å². The average Bonchev–Trinajstić information content (AvgIpc) is 2.65. The smallest absolute Gasteiger partial charge is 0.471 e. The molecule has 2 aliphatic heterocycles. The van der Waals surface area contributed by atoms with Crippen molar-refractivity contribution < 1.29 is 37.0 Å². The van der Waals surface area contributed by atoms with Crippen LogP contribution < -0.4 is 14.8 Å². The number of amides is 2. The van der Waals surface area contributed by atoms with Gasteiger partial charge in [0.05, 0.1) is 0 Å². The van der Waals surface area contributed by atoms with E-state index in [9.17, 15) is 22.8 Å². The monoisotopic (exact) mass is 444 g/mol. The highest BCUT2D eigenvalue weighted by Crippen LogP contribution is 2.33. The molecule has 2 atom stereocenters. The van der Waals surface area contributed by atoms with Gasteiger partial charge in [0.1, 0.15) is 18.8 Å². The summed E-state index contributed by atoms with van der Waals surface area (Å²) in [7, 11) is 0. The van der Waals surface area contributed by atoms with Crippen LogP contribution in [0.3, 0.4) is 0 Å². The molecule has 31 heavy (non-hydrogen) atoms. The van der Waals surface area contributed by atoms with Crippen molar-refractivity contribution in [2.24, 2.45) is 0 Å². The number of rotatable bonds is 3. The van der Waals surface area contributed by atoms with Crippen molar-refractivity contribution >= 4 is 12.0 Å². The van der Waals surface area contributed by atoms with Gasteiger partial charge in [-0.1, -0.05) is 6.07 Å². The van der Waals surface area contributed by atoms with Crippen LogP contribution in [0, 0.1) is 0 Å². The second-order valence-electron chi connectivity index (χ2n) is 8.70. The number of piperidine rings is 1. The number of ether oxygens (including phenoxy) is 3. The minimum absolute atomic E-state index is 0.117. The van der Waals surface area contributed by atoms with Crippen LogP contribution in [0.5, 0.6) is 11.5 Å². The minimum Gasteiger partial charge on any atom is -0.486 e. The summed E-state index contributed by atoms with van der Waals surface area (Å²) in [5.41, 5.74) is 0.0221. The molecule has 0 aliphatic carbocycles. The molecular formula is C21H27F3N2O5. The van der Waals surface area contributed by atoms with Crippen molar-refractivity contribution in [3.63, 3.8) is 0 Å². The molecule has 2 aliphatic rings. The molecule has 1 N–H and O–H groups in total. The zero-order valence-corrected chi connectivity index (χ0v) is 17.8. The number of benzene rings is 1. The van der Waals surface area contributed by atoms with Crippen molar-refractivity contribution in [2.75, 3.05) is 19.8 Å². The van der Waals surface area contributed by atoms with Crippen LogP contribution in [-0.4, -0.2) is 60.5 Å². The normalized spacial score (nSPS) is 21.4. The van der Waals surface area contributed by atoms with Crippen LogP contribution in [0.15, 0.2) is 18.2 Å². The Hall–Kier alpha value is -2.65. The highest BCUT2D eigenvalue weighted by Gasteiger charge is 2.46. The average molecular weight is 444 g/mol. The Balaban J connectivity index is 1.75. The lowest BCUT2D eigenvalue weighted by molar-refractivity contribution is -0.189. The van der Waals surface area contributed by atoms with Gasteiger partial charge in [-0.3, -0.25) is 4.79 Å². The minimum atomic E-state index is -4.96. The van der Waals surface area contributed by atoms with Gasteiger partial charge in [-0.25, -0.2) is 4.79 Å².